The zero-order valence-corrected chi connectivity index (χ0v) is 12.5. The number of amides is 2. The zero-order chi connectivity index (χ0) is 15.2. The van der Waals surface area contributed by atoms with E-state index in [9.17, 15) is 9.59 Å². The molecule has 0 fully saturated rings. The summed E-state index contributed by atoms with van der Waals surface area (Å²) in [4.78, 5) is 23.0. The van der Waals surface area contributed by atoms with E-state index in [4.69, 9.17) is 0 Å². The number of nitrogens with one attached hydrogen (secondary N) is 3. The molecule has 0 unspecified atom stereocenters. The van der Waals surface area contributed by atoms with Crippen LogP contribution >= 0.6 is 0 Å². The van der Waals surface area contributed by atoms with Gasteiger partial charge >= 0.3 is 0 Å². The molecule has 0 aliphatic carbocycles. The number of hydrogen-bond donors (Lipinski definition) is 3. The van der Waals surface area contributed by atoms with Gasteiger partial charge in [0.2, 0.25) is 11.8 Å². The summed E-state index contributed by atoms with van der Waals surface area (Å²) in [5.74, 6) is -0.124. The molecule has 0 aliphatic heterocycles. The van der Waals surface area contributed by atoms with Crippen LogP contribution in [-0.4, -0.2) is 23.9 Å². The Balaban J connectivity index is 2.49. The Hall–Kier alpha value is -1.88. The molecule has 0 atom stereocenters. The van der Waals surface area contributed by atoms with E-state index in [1.807, 2.05) is 20.8 Å². The molecule has 5 nitrogen and oxygen atoms in total. The van der Waals surface area contributed by atoms with Gasteiger partial charge in [0.05, 0.1) is 6.54 Å². The van der Waals surface area contributed by atoms with Crippen molar-refractivity contribution < 1.29 is 9.59 Å². The highest BCUT2D eigenvalue weighted by atomic mass is 16.2. The quantitative estimate of drug-likeness (QED) is 0.774. The molecular formula is C15H23N3O2. The maximum absolute atomic E-state index is 11.7. The average molecular weight is 277 g/mol. The van der Waals surface area contributed by atoms with E-state index < -0.39 is 0 Å². The molecule has 0 aromatic heterocycles. The third kappa shape index (κ3) is 6.33. The molecule has 2 amide bonds. The topological polar surface area (TPSA) is 70.2 Å². The van der Waals surface area contributed by atoms with Crippen molar-refractivity contribution >= 4 is 23.2 Å². The number of anilines is 2. The van der Waals surface area contributed by atoms with E-state index in [0.29, 0.717) is 12.1 Å². The summed E-state index contributed by atoms with van der Waals surface area (Å²) in [5, 5.41) is 8.67. The number of hydrogen-bond acceptors (Lipinski definition) is 3. The van der Waals surface area contributed by atoms with Crippen molar-refractivity contribution in [2.75, 3.05) is 17.2 Å². The lowest BCUT2D eigenvalue weighted by Crippen LogP contribution is -2.41. The van der Waals surface area contributed by atoms with Gasteiger partial charge < -0.3 is 16.0 Å². The van der Waals surface area contributed by atoms with E-state index in [1.54, 1.807) is 31.2 Å². The average Bonchev–Trinajstić information content (AvgIpc) is 2.38. The Morgan fingerprint density at radius 3 is 1.80 bits per heavy atom. The van der Waals surface area contributed by atoms with Gasteiger partial charge in [-0.1, -0.05) is 6.92 Å². The molecule has 1 aromatic carbocycles. The summed E-state index contributed by atoms with van der Waals surface area (Å²) in [6.45, 7) is 8.08. The standard InChI is InChI=1S/C15H23N3O2/c1-5-13(19)17-11-6-8-12(9-7-11)18-14(20)10-16-15(2,3)4/h6-9,16H,5,10H2,1-4H3,(H,17,19)(H,18,20). The fraction of sp³-hybridized carbons (Fsp3) is 0.467. The molecular weight excluding hydrogens is 254 g/mol. The minimum Gasteiger partial charge on any atom is -0.326 e. The highest BCUT2D eigenvalue weighted by Gasteiger charge is 2.11. The first kappa shape index (κ1) is 16.2. The second kappa shape index (κ2) is 7.05. The molecule has 0 bridgehead atoms. The van der Waals surface area contributed by atoms with Crippen LogP contribution in [-0.2, 0) is 9.59 Å². The molecule has 0 heterocycles. The fourth-order valence-corrected chi connectivity index (χ4v) is 1.44. The van der Waals surface area contributed by atoms with Gasteiger partial charge in [-0.25, -0.2) is 0 Å². The Morgan fingerprint density at radius 2 is 1.40 bits per heavy atom. The smallest absolute Gasteiger partial charge is 0.238 e. The lowest BCUT2D eigenvalue weighted by atomic mass is 10.1. The van der Waals surface area contributed by atoms with Crippen LogP contribution in [0.2, 0.25) is 0 Å². The maximum atomic E-state index is 11.7. The van der Waals surface area contributed by atoms with Crippen molar-refractivity contribution in [1.82, 2.24) is 5.32 Å². The van der Waals surface area contributed by atoms with Crippen LogP contribution in [0.4, 0.5) is 11.4 Å². The molecule has 1 aromatic rings. The second-order valence-electron chi connectivity index (χ2n) is 5.63. The number of benzene rings is 1. The molecule has 0 aliphatic rings. The molecule has 0 saturated heterocycles. The van der Waals surface area contributed by atoms with Crippen LogP contribution in [0.25, 0.3) is 0 Å². The Bertz CT molecular complexity index is 461. The van der Waals surface area contributed by atoms with Crippen molar-refractivity contribution in [2.24, 2.45) is 0 Å². The van der Waals surface area contributed by atoms with E-state index >= 15 is 0 Å². The van der Waals surface area contributed by atoms with Gasteiger partial charge in [0.15, 0.2) is 0 Å². The molecule has 5 heteroatoms. The molecule has 1 rings (SSSR count). The van der Waals surface area contributed by atoms with Crippen LogP contribution in [0.15, 0.2) is 24.3 Å². The molecule has 0 spiro atoms. The highest BCUT2D eigenvalue weighted by Crippen LogP contribution is 2.13. The number of carbonyl (C=O) groups is 2. The first-order valence-corrected chi connectivity index (χ1v) is 6.75. The first-order chi connectivity index (χ1) is 9.30. The van der Waals surface area contributed by atoms with Crippen LogP contribution < -0.4 is 16.0 Å². The lowest BCUT2D eigenvalue weighted by molar-refractivity contribution is -0.116. The van der Waals surface area contributed by atoms with Crippen LogP contribution in [0.5, 0.6) is 0 Å². The van der Waals surface area contributed by atoms with E-state index in [2.05, 4.69) is 16.0 Å². The molecule has 110 valence electrons. The van der Waals surface area contributed by atoms with Gasteiger partial charge in [-0.05, 0) is 45.0 Å². The largest absolute Gasteiger partial charge is 0.326 e. The van der Waals surface area contributed by atoms with Crippen molar-refractivity contribution in [1.29, 1.82) is 0 Å². The predicted molar refractivity (Wildman–Crippen MR) is 81.7 cm³/mol. The minimum atomic E-state index is -0.0923. The second-order valence-corrected chi connectivity index (χ2v) is 5.63. The van der Waals surface area contributed by atoms with Gasteiger partial charge in [-0.2, -0.15) is 0 Å². The van der Waals surface area contributed by atoms with Gasteiger partial charge in [0.1, 0.15) is 0 Å². The number of carbonyl (C=O) groups excluding carboxylic acids is 2. The molecule has 20 heavy (non-hydrogen) atoms. The Labute approximate surface area is 120 Å². The normalized spacial score (nSPS) is 11.0. The summed E-state index contributed by atoms with van der Waals surface area (Å²) in [6.07, 6.45) is 0.441. The van der Waals surface area contributed by atoms with Crippen LogP contribution in [0.1, 0.15) is 34.1 Å². The Kier molecular flexibility index (Phi) is 5.70. The fourth-order valence-electron chi connectivity index (χ4n) is 1.44. The van der Waals surface area contributed by atoms with Gasteiger partial charge in [-0.15, -0.1) is 0 Å². The summed E-state index contributed by atoms with van der Waals surface area (Å²) < 4.78 is 0. The van der Waals surface area contributed by atoms with Crippen molar-refractivity contribution in [2.45, 2.75) is 39.7 Å². The number of rotatable bonds is 5. The first-order valence-electron chi connectivity index (χ1n) is 6.75. The third-order valence-corrected chi connectivity index (χ3v) is 2.55. The van der Waals surface area contributed by atoms with Gasteiger partial charge in [0.25, 0.3) is 0 Å². The molecule has 0 radical (unpaired) electrons. The van der Waals surface area contributed by atoms with Gasteiger partial charge in [0, 0.05) is 23.3 Å². The van der Waals surface area contributed by atoms with E-state index in [1.165, 1.54) is 0 Å². The zero-order valence-electron chi connectivity index (χ0n) is 12.5. The Morgan fingerprint density at radius 1 is 0.950 bits per heavy atom. The molecule has 3 N–H and O–H groups in total. The predicted octanol–water partition coefficient (Wildman–Crippen LogP) is 2.36. The van der Waals surface area contributed by atoms with Gasteiger partial charge in [-0.3, -0.25) is 9.59 Å². The maximum Gasteiger partial charge on any atom is 0.238 e. The monoisotopic (exact) mass is 277 g/mol. The van der Waals surface area contributed by atoms with Crippen molar-refractivity contribution in [3.63, 3.8) is 0 Å². The van der Waals surface area contributed by atoms with Crippen molar-refractivity contribution in [3.8, 4) is 0 Å². The highest BCUT2D eigenvalue weighted by molar-refractivity contribution is 5.93. The van der Waals surface area contributed by atoms with Crippen molar-refractivity contribution in [3.05, 3.63) is 24.3 Å². The van der Waals surface area contributed by atoms with E-state index in [0.717, 1.165) is 5.69 Å². The summed E-state index contributed by atoms with van der Waals surface area (Å²) >= 11 is 0. The summed E-state index contributed by atoms with van der Waals surface area (Å²) in [5.41, 5.74) is 1.34. The minimum absolute atomic E-state index is 0.0313. The summed E-state index contributed by atoms with van der Waals surface area (Å²) in [6, 6.07) is 7.06. The molecule has 0 saturated carbocycles. The SMILES string of the molecule is CCC(=O)Nc1ccc(NC(=O)CNC(C)(C)C)cc1. The van der Waals surface area contributed by atoms with Crippen LogP contribution in [0, 0.1) is 0 Å². The third-order valence-electron chi connectivity index (χ3n) is 2.55. The van der Waals surface area contributed by atoms with E-state index in [-0.39, 0.29) is 23.9 Å². The lowest BCUT2D eigenvalue weighted by Gasteiger charge is -2.20. The van der Waals surface area contributed by atoms with Crippen LogP contribution in [0.3, 0.4) is 0 Å². The summed E-state index contributed by atoms with van der Waals surface area (Å²) in [7, 11) is 0.